The minimum atomic E-state index is 0.470. The molecule has 1 fully saturated rings. The first-order chi connectivity index (χ1) is 9.29. The molecular formula is C14H14ClN3O. The van der Waals surface area contributed by atoms with Crippen LogP contribution in [-0.2, 0) is 6.54 Å². The number of nitrogens with zero attached hydrogens (tertiary/aromatic N) is 2. The van der Waals surface area contributed by atoms with Crippen LogP contribution < -0.4 is 10.1 Å². The van der Waals surface area contributed by atoms with E-state index in [1.807, 2.05) is 12.1 Å². The fourth-order valence-corrected chi connectivity index (χ4v) is 1.85. The molecule has 1 heterocycles. The minimum Gasteiger partial charge on any atom is -0.437 e. The Hall–Kier alpha value is -1.65. The first-order valence-electron chi connectivity index (χ1n) is 6.27. The van der Waals surface area contributed by atoms with Gasteiger partial charge in [-0.3, -0.25) is 4.98 Å². The molecule has 0 atom stereocenters. The molecule has 0 radical (unpaired) electrons. The van der Waals surface area contributed by atoms with E-state index in [2.05, 4.69) is 15.3 Å². The van der Waals surface area contributed by atoms with E-state index in [0.717, 1.165) is 12.2 Å². The maximum absolute atomic E-state index is 5.89. The van der Waals surface area contributed by atoms with Crippen molar-refractivity contribution in [3.05, 3.63) is 47.4 Å². The highest BCUT2D eigenvalue weighted by Crippen LogP contribution is 2.22. The molecule has 3 rings (SSSR count). The number of rotatable bonds is 5. The van der Waals surface area contributed by atoms with Gasteiger partial charge in [0.1, 0.15) is 5.75 Å². The van der Waals surface area contributed by atoms with Crippen LogP contribution in [-0.4, -0.2) is 16.0 Å². The van der Waals surface area contributed by atoms with E-state index in [9.17, 15) is 0 Å². The van der Waals surface area contributed by atoms with Gasteiger partial charge in [0, 0.05) is 17.6 Å². The van der Waals surface area contributed by atoms with Gasteiger partial charge in [0.25, 0.3) is 0 Å². The summed E-state index contributed by atoms with van der Waals surface area (Å²) < 4.78 is 5.57. The number of hydrogen-bond donors (Lipinski definition) is 1. The third-order valence-electron chi connectivity index (χ3n) is 2.85. The summed E-state index contributed by atoms with van der Waals surface area (Å²) in [4.78, 5) is 8.55. The number of halogens is 1. The van der Waals surface area contributed by atoms with Crippen molar-refractivity contribution in [2.24, 2.45) is 0 Å². The predicted octanol–water partition coefficient (Wildman–Crippen LogP) is 3.17. The highest BCUT2D eigenvalue weighted by Gasteiger charge is 2.20. The van der Waals surface area contributed by atoms with Crippen LogP contribution in [0.3, 0.4) is 0 Å². The van der Waals surface area contributed by atoms with Crippen molar-refractivity contribution < 1.29 is 4.74 Å². The van der Waals surface area contributed by atoms with E-state index in [1.165, 1.54) is 12.8 Å². The number of benzene rings is 1. The highest BCUT2D eigenvalue weighted by atomic mass is 35.5. The fraction of sp³-hybridized carbons (Fsp3) is 0.286. The fourth-order valence-electron chi connectivity index (χ4n) is 1.67. The van der Waals surface area contributed by atoms with Crippen molar-refractivity contribution >= 4 is 11.6 Å². The second-order valence-electron chi connectivity index (χ2n) is 4.56. The predicted molar refractivity (Wildman–Crippen MR) is 73.4 cm³/mol. The molecule has 1 aromatic carbocycles. The molecule has 2 aromatic rings. The average Bonchev–Trinajstić information content (AvgIpc) is 3.22. The van der Waals surface area contributed by atoms with E-state index >= 15 is 0 Å². The van der Waals surface area contributed by atoms with E-state index in [4.69, 9.17) is 16.3 Å². The lowest BCUT2D eigenvalue weighted by atomic mass is 10.3. The number of hydrogen-bond acceptors (Lipinski definition) is 4. The normalized spacial score (nSPS) is 14.4. The van der Waals surface area contributed by atoms with E-state index < -0.39 is 0 Å². The molecule has 1 saturated carbocycles. The summed E-state index contributed by atoms with van der Waals surface area (Å²) in [6.45, 7) is 0.759. The molecule has 1 aromatic heterocycles. The van der Waals surface area contributed by atoms with Gasteiger partial charge in [0.2, 0.25) is 5.88 Å². The number of nitrogens with one attached hydrogen (secondary N) is 1. The van der Waals surface area contributed by atoms with Crippen LogP contribution >= 0.6 is 11.6 Å². The van der Waals surface area contributed by atoms with E-state index in [1.54, 1.807) is 24.5 Å². The summed E-state index contributed by atoms with van der Waals surface area (Å²) in [6.07, 6.45) is 5.90. The van der Waals surface area contributed by atoms with E-state index in [0.29, 0.717) is 22.7 Å². The summed E-state index contributed by atoms with van der Waals surface area (Å²) in [5.74, 6) is 1.13. The van der Waals surface area contributed by atoms with Crippen LogP contribution in [0.25, 0.3) is 0 Å². The third-order valence-corrected chi connectivity index (χ3v) is 3.08. The van der Waals surface area contributed by atoms with Crippen LogP contribution in [0, 0.1) is 0 Å². The molecule has 0 unspecified atom stereocenters. The van der Waals surface area contributed by atoms with Gasteiger partial charge >= 0.3 is 0 Å². The van der Waals surface area contributed by atoms with Crippen LogP contribution in [0.5, 0.6) is 11.6 Å². The minimum absolute atomic E-state index is 0.470. The largest absolute Gasteiger partial charge is 0.437 e. The quantitative estimate of drug-likeness (QED) is 0.910. The SMILES string of the molecule is Clc1cccc(Oc2cnc(CNC3CC3)cn2)c1. The van der Waals surface area contributed by atoms with Crippen LogP contribution in [0.15, 0.2) is 36.7 Å². The molecule has 98 valence electrons. The average molecular weight is 276 g/mol. The molecule has 4 nitrogen and oxygen atoms in total. The Kier molecular flexibility index (Phi) is 3.62. The second kappa shape index (κ2) is 5.55. The summed E-state index contributed by atoms with van der Waals surface area (Å²) >= 11 is 5.89. The molecule has 19 heavy (non-hydrogen) atoms. The Morgan fingerprint density at radius 3 is 2.84 bits per heavy atom. The monoisotopic (exact) mass is 275 g/mol. The topological polar surface area (TPSA) is 47.0 Å². The van der Waals surface area contributed by atoms with Crippen molar-refractivity contribution in [3.63, 3.8) is 0 Å². The zero-order valence-electron chi connectivity index (χ0n) is 10.3. The summed E-state index contributed by atoms with van der Waals surface area (Å²) in [7, 11) is 0. The molecule has 1 aliphatic rings. The lowest BCUT2D eigenvalue weighted by Gasteiger charge is -2.06. The van der Waals surface area contributed by atoms with Crippen LogP contribution in [0.2, 0.25) is 5.02 Å². The zero-order valence-corrected chi connectivity index (χ0v) is 11.1. The standard InChI is InChI=1S/C14H14ClN3O/c15-10-2-1-3-13(6-10)19-14-9-17-12(8-18-14)7-16-11-4-5-11/h1-3,6,8-9,11,16H,4-5,7H2. The van der Waals surface area contributed by atoms with Crippen molar-refractivity contribution in [1.29, 1.82) is 0 Å². The highest BCUT2D eigenvalue weighted by molar-refractivity contribution is 6.30. The molecular weight excluding hydrogens is 262 g/mol. The smallest absolute Gasteiger partial charge is 0.237 e. The molecule has 0 saturated heterocycles. The lowest BCUT2D eigenvalue weighted by Crippen LogP contribution is -2.16. The van der Waals surface area contributed by atoms with Gasteiger partial charge < -0.3 is 10.1 Å². The van der Waals surface area contributed by atoms with Gasteiger partial charge in [-0.05, 0) is 31.0 Å². The van der Waals surface area contributed by atoms with Gasteiger partial charge in [-0.25, -0.2) is 4.98 Å². The van der Waals surface area contributed by atoms with Gasteiger partial charge in [-0.2, -0.15) is 0 Å². The Bertz CT molecular complexity index is 555. The van der Waals surface area contributed by atoms with Crippen molar-refractivity contribution in [2.75, 3.05) is 0 Å². The molecule has 0 spiro atoms. The first kappa shape index (κ1) is 12.4. The second-order valence-corrected chi connectivity index (χ2v) is 5.00. The van der Waals surface area contributed by atoms with Crippen molar-refractivity contribution in [2.45, 2.75) is 25.4 Å². The van der Waals surface area contributed by atoms with Gasteiger partial charge in [0.15, 0.2) is 0 Å². The van der Waals surface area contributed by atoms with Gasteiger partial charge in [-0.1, -0.05) is 17.7 Å². The Balaban J connectivity index is 1.61. The number of ether oxygens (including phenoxy) is 1. The molecule has 5 heteroatoms. The summed E-state index contributed by atoms with van der Waals surface area (Å²) in [5.41, 5.74) is 0.922. The number of aromatic nitrogens is 2. The van der Waals surface area contributed by atoms with Crippen molar-refractivity contribution in [3.8, 4) is 11.6 Å². The Morgan fingerprint density at radius 1 is 1.26 bits per heavy atom. The summed E-state index contributed by atoms with van der Waals surface area (Å²) in [5, 5.41) is 4.02. The van der Waals surface area contributed by atoms with Crippen LogP contribution in [0.4, 0.5) is 0 Å². The zero-order chi connectivity index (χ0) is 13.1. The third kappa shape index (κ3) is 3.66. The van der Waals surface area contributed by atoms with Gasteiger partial charge in [-0.15, -0.1) is 0 Å². The molecule has 1 aliphatic carbocycles. The Morgan fingerprint density at radius 2 is 2.16 bits per heavy atom. The Labute approximate surface area is 116 Å². The van der Waals surface area contributed by atoms with Gasteiger partial charge in [0.05, 0.1) is 18.1 Å². The maximum Gasteiger partial charge on any atom is 0.237 e. The summed E-state index contributed by atoms with van der Waals surface area (Å²) in [6, 6.07) is 7.87. The molecule has 0 bridgehead atoms. The molecule has 1 N–H and O–H groups in total. The molecule has 0 aliphatic heterocycles. The van der Waals surface area contributed by atoms with Crippen molar-refractivity contribution in [1.82, 2.24) is 15.3 Å². The van der Waals surface area contributed by atoms with Crippen LogP contribution in [0.1, 0.15) is 18.5 Å². The lowest BCUT2D eigenvalue weighted by molar-refractivity contribution is 0.458. The first-order valence-corrected chi connectivity index (χ1v) is 6.65. The van der Waals surface area contributed by atoms with E-state index in [-0.39, 0.29) is 0 Å². The maximum atomic E-state index is 5.89. The molecule has 0 amide bonds.